The van der Waals surface area contributed by atoms with Gasteiger partial charge in [0.05, 0.1) is 27.8 Å². The summed E-state index contributed by atoms with van der Waals surface area (Å²) >= 11 is 0. The molecule has 0 aliphatic heterocycles. The molecule has 0 N–H and O–H groups in total. The zero-order chi connectivity index (χ0) is 31.6. The summed E-state index contributed by atoms with van der Waals surface area (Å²) < 4.78 is 4.83. The number of fused-ring (bicyclic) bond motifs is 7. The maximum Gasteiger partial charge on any atom is 0.0541 e. The standard InChI is InChI=1S/C46H30N2/c1-2-13-32(14-3-1)37-16-6-9-19-42(37)48-44-21-11-8-18-39(44)41-30-35(24-27-46(41)48)34-23-26-45-40(29-34)38-17-7-10-20-43(38)47(45)36-25-22-31-12-4-5-15-33(31)28-36/h1-30H. The van der Waals surface area contributed by atoms with Crippen LogP contribution in [0.3, 0.4) is 0 Å². The van der Waals surface area contributed by atoms with Crippen molar-refractivity contribution in [2.45, 2.75) is 0 Å². The van der Waals surface area contributed by atoms with Gasteiger partial charge in [0.15, 0.2) is 0 Å². The van der Waals surface area contributed by atoms with Gasteiger partial charge in [0.2, 0.25) is 0 Å². The minimum Gasteiger partial charge on any atom is -0.309 e. The third-order valence-electron chi connectivity index (χ3n) is 9.90. The third kappa shape index (κ3) is 4.06. The minimum absolute atomic E-state index is 1.18. The van der Waals surface area contributed by atoms with Crippen molar-refractivity contribution in [3.05, 3.63) is 182 Å². The average molecular weight is 611 g/mol. The number of aromatic nitrogens is 2. The van der Waals surface area contributed by atoms with Crippen molar-refractivity contribution in [1.29, 1.82) is 0 Å². The first-order valence-electron chi connectivity index (χ1n) is 16.5. The Balaban J connectivity index is 1.16. The van der Waals surface area contributed by atoms with Gasteiger partial charge in [0, 0.05) is 32.8 Å². The molecule has 8 aromatic carbocycles. The summed E-state index contributed by atoms with van der Waals surface area (Å²) in [6.07, 6.45) is 0. The molecule has 10 aromatic rings. The number of hydrogen-bond donors (Lipinski definition) is 0. The Bertz CT molecular complexity index is 2830. The Morgan fingerprint density at radius 2 is 0.833 bits per heavy atom. The molecule has 0 bridgehead atoms. The normalized spacial score (nSPS) is 11.8. The lowest BCUT2D eigenvalue weighted by atomic mass is 10.0. The molecule has 224 valence electrons. The largest absolute Gasteiger partial charge is 0.309 e. The summed E-state index contributed by atoms with van der Waals surface area (Å²) in [4.78, 5) is 0. The summed E-state index contributed by atoms with van der Waals surface area (Å²) in [5, 5.41) is 7.53. The van der Waals surface area contributed by atoms with Crippen molar-refractivity contribution < 1.29 is 0 Å². The summed E-state index contributed by atoms with van der Waals surface area (Å²) in [6.45, 7) is 0. The second kappa shape index (κ2) is 10.6. The van der Waals surface area contributed by atoms with Gasteiger partial charge in [-0.1, -0.05) is 127 Å². The van der Waals surface area contributed by atoms with Gasteiger partial charge < -0.3 is 9.13 Å². The van der Waals surface area contributed by atoms with Crippen molar-refractivity contribution in [3.63, 3.8) is 0 Å². The van der Waals surface area contributed by atoms with E-state index in [1.165, 1.54) is 88.0 Å². The van der Waals surface area contributed by atoms with Crippen molar-refractivity contribution >= 4 is 54.4 Å². The molecule has 0 atom stereocenters. The van der Waals surface area contributed by atoms with Crippen LogP contribution in [0.1, 0.15) is 0 Å². The van der Waals surface area contributed by atoms with Gasteiger partial charge in [-0.3, -0.25) is 0 Å². The molecule has 0 amide bonds. The van der Waals surface area contributed by atoms with Gasteiger partial charge in [0.1, 0.15) is 0 Å². The molecule has 0 saturated heterocycles. The topological polar surface area (TPSA) is 9.86 Å². The van der Waals surface area contributed by atoms with Gasteiger partial charge in [-0.05, 0) is 82.1 Å². The van der Waals surface area contributed by atoms with E-state index >= 15 is 0 Å². The molecule has 48 heavy (non-hydrogen) atoms. The molecule has 2 heteroatoms. The van der Waals surface area contributed by atoms with Crippen molar-refractivity contribution in [3.8, 4) is 33.6 Å². The highest BCUT2D eigenvalue weighted by molar-refractivity contribution is 6.13. The van der Waals surface area contributed by atoms with E-state index in [1.807, 2.05) is 0 Å². The lowest BCUT2D eigenvalue weighted by molar-refractivity contribution is 1.18. The van der Waals surface area contributed by atoms with E-state index in [2.05, 4.69) is 191 Å². The Morgan fingerprint density at radius 1 is 0.292 bits per heavy atom. The predicted octanol–water partition coefficient (Wildman–Crippen LogP) is 12.4. The Kier molecular flexibility index (Phi) is 5.91. The van der Waals surface area contributed by atoms with E-state index < -0.39 is 0 Å². The van der Waals surface area contributed by atoms with E-state index in [0.717, 1.165) is 0 Å². The van der Waals surface area contributed by atoms with Crippen LogP contribution in [0.5, 0.6) is 0 Å². The zero-order valence-corrected chi connectivity index (χ0v) is 26.2. The number of nitrogens with zero attached hydrogens (tertiary/aromatic N) is 2. The van der Waals surface area contributed by atoms with E-state index in [4.69, 9.17) is 0 Å². The molecule has 0 saturated carbocycles. The first-order valence-corrected chi connectivity index (χ1v) is 16.5. The van der Waals surface area contributed by atoms with Gasteiger partial charge in [-0.25, -0.2) is 0 Å². The first kappa shape index (κ1) is 26.8. The van der Waals surface area contributed by atoms with Crippen molar-refractivity contribution in [1.82, 2.24) is 9.13 Å². The zero-order valence-electron chi connectivity index (χ0n) is 26.2. The smallest absolute Gasteiger partial charge is 0.0541 e. The molecule has 10 rings (SSSR count). The number of rotatable bonds is 4. The third-order valence-corrected chi connectivity index (χ3v) is 9.90. The van der Waals surface area contributed by atoms with Crippen LogP contribution >= 0.6 is 0 Å². The maximum atomic E-state index is 2.43. The van der Waals surface area contributed by atoms with Crippen LogP contribution in [0.15, 0.2) is 182 Å². The molecule has 0 aliphatic rings. The first-order chi connectivity index (χ1) is 23.8. The molecule has 0 radical (unpaired) electrons. The van der Waals surface area contributed by atoms with Crippen LogP contribution in [-0.2, 0) is 0 Å². The molecule has 2 heterocycles. The van der Waals surface area contributed by atoms with Crippen LogP contribution in [0, 0.1) is 0 Å². The average Bonchev–Trinajstić information content (AvgIpc) is 3.67. The van der Waals surface area contributed by atoms with Crippen LogP contribution < -0.4 is 0 Å². The second-order valence-corrected chi connectivity index (χ2v) is 12.6. The highest BCUT2D eigenvalue weighted by Crippen LogP contribution is 2.40. The lowest BCUT2D eigenvalue weighted by Gasteiger charge is -2.14. The molecule has 0 spiro atoms. The summed E-state index contributed by atoms with van der Waals surface area (Å²) in [6, 6.07) is 66.2. The Morgan fingerprint density at radius 3 is 1.56 bits per heavy atom. The fraction of sp³-hybridized carbons (Fsp3) is 0. The lowest BCUT2D eigenvalue weighted by Crippen LogP contribution is -1.97. The van der Waals surface area contributed by atoms with Crippen LogP contribution in [0.2, 0.25) is 0 Å². The van der Waals surface area contributed by atoms with Gasteiger partial charge in [-0.2, -0.15) is 0 Å². The second-order valence-electron chi connectivity index (χ2n) is 12.6. The van der Waals surface area contributed by atoms with Crippen LogP contribution in [0.4, 0.5) is 0 Å². The molecule has 2 aromatic heterocycles. The quantitative estimate of drug-likeness (QED) is 0.188. The van der Waals surface area contributed by atoms with Crippen molar-refractivity contribution in [2.75, 3.05) is 0 Å². The van der Waals surface area contributed by atoms with E-state index in [0.29, 0.717) is 0 Å². The number of hydrogen-bond acceptors (Lipinski definition) is 0. The van der Waals surface area contributed by atoms with E-state index in [-0.39, 0.29) is 0 Å². The Labute approximate surface area is 278 Å². The number of para-hydroxylation sites is 3. The summed E-state index contributed by atoms with van der Waals surface area (Å²) in [5.41, 5.74) is 12.1. The predicted molar refractivity (Wildman–Crippen MR) is 203 cm³/mol. The van der Waals surface area contributed by atoms with Gasteiger partial charge in [-0.15, -0.1) is 0 Å². The molecule has 2 nitrogen and oxygen atoms in total. The van der Waals surface area contributed by atoms with Crippen LogP contribution in [-0.4, -0.2) is 9.13 Å². The number of benzene rings is 8. The highest BCUT2D eigenvalue weighted by Gasteiger charge is 2.17. The monoisotopic (exact) mass is 610 g/mol. The van der Waals surface area contributed by atoms with Crippen molar-refractivity contribution in [2.24, 2.45) is 0 Å². The minimum atomic E-state index is 1.18. The highest BCUT2D eigenvalue weighted by atomic mass is 15.0. The van der Waals surface area contributed by atoms with Gasteiger partial charge >= 0.3 is 0 Å². The van der Waals surface area contributed by atoms with E-state index in [1.54, 1.807) is 0 Å². The summed E-state index contributed by atoms with van der Waals surface area (Å²) in [5.74, 6) is 0. The van der Waals surface area contributed by atoms with Crippen LogP contribution in [0.25, 0.3) is 88.0 Å². The van der Waals surface area contributed by atoms with Gasteiger partial charge in [0.25, 0.3) is 0 Å². The molecule has 0 aliphatic carbocycles. The summed E-state index contributed by atoms with van der Waals surface area (Å²) in [7, 11) is 0. The molecular formula is C46H30N2. The van der Waals surface area contributed by atoms with E-state index in [9.17, 15) is 0 Å². The molecular weight excluding hydrogens is 581 g/mol. The Hall–Kier alpha value is -6.38. The molecule has 0 unspecified atom stereocenters. The maximum absolute atomic E-state index is 2.43. The fourth-order valence-corrected chi connectivity index (χ4v) is 7.69. The molecule has 0 fully saturated rings. The SMILES string of the molecule is c1ccc(-c2ccccc2-n2c3ccccc3c3cc(-c4ccc5c(c4)c4ccccc4n5-c4ccc5ccccc5c4)ccc32)cc1. The fourth-order valence-electron chi connectivity index (χ4n) is 7.69.